The smallest absolute Gasteiger partial charge is 0.345 e. The lowest BCUT2D eigenvalue weighted by Crippen LogP contribution is -2.17. The summed E-state index contributed by atoms with van der Waals surface area (Å²) in [7, 11) is -2.71. The van der Waals surface area contributed by atoms with Crippen molar-refractivity contribution in [3.8, 4) is 11.6 Å². The Morgan fingerprint density at radius 3 is 2.47 bits per heavy atom. The number of rotatable bonds is 6. The summed E-state index contributed by atoms with van der Waals surface area (Å²) in [6.45, 7) is 1.40. The SMILES string of the molecule is COc1ccc(S(=O)(=O)n2nc(OC(=O)c3cccc([N+](=O)[O-])c3C)cc2N)cc1. The van der Waals surface area contributed by atoms with Gasteiger partial charge in [-0.2, -0.15) is 8.42 Å². The number of aromatic nitrogens is 2. The molecule has 3 aromatic rings. The van der Waals surface area contributed by atoms with Crippen molar-refractivity contribution in [3.05, 3.63) is 69.8 Å². The molecule has 0 aliphatic rings. The van der Waals surface area contributed by atoms with Crippen LogP contribution in [0.2, 0.25) is 0 Å². The van der Waals surface area contributed by atoms with Gasteiger partial charge in [0.05, 0.1) is 22.5 Å². The number of hydrogen-bond acceptors (Lipinski definition) is 9. The first-order valence-corrected chi connectivity index (χ1v) is 9.80. The first-order valence-electron chi connectivity index (χ1n) is 8.36. The van der Waals surface area contributed by atoms with Crippen molar-refractivity contribution in [2.75, 3.05) is 12.8 Å². The van der Waals surface area contributed by atoms with Crippen LogP contribution in [0.5, 0.6) is 11.6 Å². The van der Waals surface area contributed by atoms with Gasteiger partial charge in [-0.3, -0.25) is 10.1 Å². The zero-order chi connectivity index (χ0) is 22.1. The highest BCUT2D eigenvalue weighted by Crippen LogP contribution is 2.25. The van der Waals surface area contributed by atoms with Gasteiger partial charge in [-0.15, -0.1) is 9.19 Å². The van der Waals surface area contributed by atoms with Crippen molar-refractivity contribution in [1.82, 2.24) is 9.19 Å². The van der Waals surface area contributed by atoms with Gasteiger partial charge in [-0.05, 0) is 37.3 Å². The Bertz CT molecular complexity index is 1230. The summed E-state index contributed by atoms with van der Waals surface area (Å²) in [6, 6.07) is 10.5. The second-order valence-electron chi connectivity index (χ2n) is 6.03. The van der Waals surface area contributed by atoms with Crippen molar-refractivity contribution >= 4 is 27.5 Å². The van der Waals surface area contributed by atoms with Gasteiger partial charge in [0, 0.05) is 17.7 Å². The number of nitro benzene ring substituents is 1. The van der Waals surface area contributed by atoms with E-state index in [-0.39, 0.29) is 33.4 Å². The molecule has 0 aliphatic carbocycles. The number of carbonyl (C=O) groups excluding carboxylic acids is 1. The number of nitrogen functional groups attached to an aromatic ring is 1. The van der Waals surface area contributed by atoms with Gasteiger partial charge >= 0.3 is 5.97 Å². The number of nitro groups is 1. The van der Waals surface area contributed by atoms with Crippen molar-refractivity contribution in [1.29, 1.82) is 0 Å². The molecule has 1 heterocycles. The van der Waals surface area contributed by atoms with Crippen LogP contribution < -0.4 is 15.2 Å². The highest BCUT2D eigenvalue weighted by atomic mass is 32.2. The topological polar surface area (TPSA) is 157 Å². The van der Waals surface area contributed by atoms with Crippen LogP contribution in [0.4, 0.5) is 11.5 Å². The van der Waals surface area contributed by atoms with Crippen LogP contribution in [0.3, 0.4) is 0 Å². The fraction of sp³-hybridized carbons (Fsp3) is 0.111. The minimum absolute atomic E-state index is 0.0599. The van der Waals surface area contributed by atoms with Gasteiger partial charge in [0.15, 0.2) is 0 Å². The van der Waals surface area contributed by atoms with Gasteiger partial charge in [0.2, 0.25) is 5.88 Å². The van der Waals surface area contributed by atoms with Crippen molar-refractivity contribution in [2.45, 2.75) is 11.8 Å². The summed E-state index contributed by atoms with van der Waals surface area (Å²) in [4.78, 5) is 22.7. The Hall–Kier alpha value is -3.93. The van der Waals surface area contributed by atoms with E-state index in [1.807, 2.05) is 0 Å². The van der Waals surface area contributed by atoms with Gasteiger partial charge < -0.3 is 15.2 Å². The summed E-state index contributed by atoms with van der Waals surface area (Å²) >= 11 is 0. The number of nitrogens with zero attached hydrogens (tertiary/aromatic N) is 3. The molecule has 1 aromatic heterocycles. The van der Waals surface area contributed by atoms with Gasteiger partial charge in [0.25, 0.3) is 15.7 Å². The molecule has 0 fully saturated rings. The molecule has 0 saturated carbocycles. The minimum atomic E-state index is -4.16. The van der Waals surface area contributed by atoms with Crippen LogP contribution in [0.15, 0.2) is 53.4 Å². The number of anilines is 1. The van der Waals surface area contributed by atoms with E-state index in [9.17, 15) is 23.3 Å². The minimum Gasteiger partial charge on any atom is -0.497 e. The fourth-order valence-electron chi connectivity index (χ4n) is 2.64. The molecule has 0 amide bonds. The quantitative estimate of drug-likeness (QED) is 0.350. The van der Waals surface area contributed by atoms with Crippen molar-refractivity contribution < 1.29 is 27.6 Å². The molecule has 0 atom stereocenters. The lowest BCUT2D eigenvalue weighted by atomic mass is 10.1. The Labute approximate surface area is 170 Å². The molecular weight excluding hydrogens is 416 g/mol. The Morgan fingerprint density at radius 2 is 1.87 bits per heavy atom. The lowest BCUT2D eigenvalue weighted by molar-refractivity contribution is -0.385. The maximum atomic E-state index is 12.8. The predicted molar refractivity (Wildman–Crippen MR) is 105 cm³/mol. The second-order valence-corrected chi connectivity index (χ2v) is 7.79. The average Bonchev–Trinajstić information content (AvgIpc) is 3.08. The first-order chi connectivity index (χ1) is 14.1. The molecule has 156 valence electrons. The zero-order valence-corrected chi connectivity index (χ0v) is 16.6. The standard InChI is InChI=1S/C18H16N4O7S/c1-11-14(4-3-5-15(11)22(24)25)18(23)29-17-10-16(19)21(20-17)30(26,27)13-8-6-12(28-2)7-9-13/h3-10H,19H2,1-2H3. The summed E-state index contributed by atoms with van der Waals surface area (Å²) in [5, 5.41) is 14.8. The summed E-state index contributed by atoms with van der Waals surface area (Å²) in [6.07, 6.45) is 0. The third-order valence-corrected chi connectivity index (χ3v) is 5.80. The van der Waals surface area contributed by atoms with E-state index >= 15 is 0 Å². The van der Waals surface area contributed by atoms with Gasteiger partial charge in [0.1, 0.15) is 11.6 Å². The molecule has 3 rings (SSSR count). The lowest BCUT2D eigenvalue weighted by Gasteiger charge is -2.07. The number of carbonyl (C=O) groups is 1. The van der Waals surface area contributed by atoms with E-state index < -0.39 is 20.9 Å². The van der Waals surface area contributed by atoms with Gasteiger partial charge in [-0.1, -0.05) is 6.07 Å². The molecule has 30 heavy (non-hydrogen) atoms. The van der Waals surface area contributed by atoms with E-state index in [0.717, 1.165) is 6.07 Å². The van der Waals surface area contributed by atoms with Crippen LogP contribution >= 0.6 is 0 Å². The molecule has 2 N–H and O–H groups in total. The van der Waals surface area contributed by atoms with Crippen LogP contribution in [0.25, 0.3) is 0 Å². The van der Waals surface area contributed by atoms with Crippen LogP contribution in [-0.4, -0.2) is 35.6 Å². The van der Waals surface area contributed by atoms with Crippen molar-refractivity contribution in [2.24, 2.45) is 0 Å². The number of methoxy groups -OCH3 is 1. The molecule has 0 saturated heterocycles. The predicted octanol–water partition coefficient (Wildman–Crippen LogP) is 2.15. The van der Waals surface area contributed by atoms with E-state index in [2.05, 4.69) is 5.10 Å². The number of hydrogen-bond donors (Lipinski definition) is 1. The maximum Gasteiger partial charge on any atom is 0.345 e. The summed E-state index contributed by atoms with van der Waals surface area (Å²) < 4.78 is 36.1. The zero-order valence-electron chi connectivity index (χ0n) is 15.8. The third kappa shape index (κ3) is 3.80. The van der Waals surface area contributed by atoms with Crippen molar-refractivity contribution in [3.63, 3.8) is 0 Å². The summed E-state index contributed by atoms with van der Waals surface area (Å²) in [5.74, 6) is -1.14. The molecular formula is C18H16N4O7S. The Balaban J connectivity index is 1.90. The van der Waals surface area contributed by atoms with Gasteiger partial charge in [-0.25, -0.2) is 4.79 Å². The molecule has 0 radical (unpaired) electrons. The largest absolute Gasteiger partial charge is 0.497 e. The molecule has 0 spiro atoms. The normalized spacial score (nSPS) is 11.1. The number of benzene rings is 2. The molecule has 11 nitrogen and oxygen atoms in total. The number of ether oxygens (including phenoxy) is 2. The monoisotopic (exact) mass is 432 g/mol. The number of esters is 1. The Kier molecular flexibility index (Phi) is 5.43. The van der Waals surface area contributed by atoms with E-state index in [0.29, 0.717) is 9.84 Å². The number of nitrogens with two attached hydrogens (primary N) is 1. The first kappa shape index (κ1) is 20.8. The molecule has 2 aromatic carbocycles. The van der Waals surface area contributed by atoms with Crippen LogP contribution in [0, 0.1) is 17.0 Å². The molecule has 0 unspecified atom stereocenters. The average molecular weight is 432 g/mol. The molecule has 0 bridgehead atoms. The summed E-state index contributed by atoms with van der Waals surface area (Å²) in [5.41, 5.74) is 5.53. The fourth-order valence-corrected chi connectivity index (χ4v) is 3.84. The Morgan fingerprint density at radius 1 is 1.20 bits per heavy atom. The molecule has 12 heteroatoms. The molecule has 0 aliphatic heterocycles. The second kappa shape index (κ2) is 7.83. The van der Waals surface area contributed by atoms with E-state index in [1.165, 1.54) is 56.5 Å². The highest BCUT2D eigenvalue weighted by molar-refractivity contribution is 7.90. The van der Waals surface area contributed by atoms with Crippen LogP contribution in [-0.2, 0) is 10.0 Å². The third-order valence-electron chi connectivity index (χ3n) is 4.19. The maximum absolute atomic E-state index is 12.8. The van der Waals surface area contributed by atoms with E-state index in [1.54, 1.807) is 0 Å². The van der Waals surface area contributed by atoms with E-state index in [4.69, 9.17) is 15.2 Å². The highest BCUT2D eigenvalue weighted by Gasteiger charge is 2.25. The van der Waals surface area contributed by atoms with Crippen LogP contribution in [0.1, 0.15) is 15.9 Å².